The number of pyridine rings is 2. The highest BCUT2D eigenvalue weighted by molar-refractivity contribution is 6.39. The summed E-state index contributed by atoms with van der Waals surface area (Å²) in [5.74, 6) is -1.51. The van der Waals surface area contributed by atoms with E-state index in [2.05, 4.69) is 9.97 Å². The Hall–Kier alpha value is -6.36. The van der Waals surface area contributed by atoms with E-state index in [1.54, 1.807) is 73.3 Å². The third-order valence-electron chi connectivity index (χ3n) is 9.99. The summed E-state index contributed by atoms with van der Waals surface area (Å²) in [4.78, 5) is 36.2. The van der Waals surface area contributed by atoms with Crippen LogP contribution in [0.15, 0.2) is 125 Å². The predicted molar refractivity (Wildman–Crippen MR) is 217 cm³/mol. The highest BCUT2D eigenvalue weighted by Gasteiger charge is 2.34. The van der Waals surface area contributed by atoms with Crippen LogP contribution in [0.3, 0.4) is 0 Å². The number of aromatic hydroxyl groups is 1. The number of halogens is 2. The molecule has 8 rings (SSSR count). The number of fused-ring (bicyclic) bond motifs is 2. The molecule has 0 saturated heterocycles. The van der Waals surface area contributed by atoms with Crippen molar-refractivity contribution in [3.05, 3.63) is 158 Å². The van der Waals surface area contributed by atoms with E-state index in [4.69, 9.17) is 27.6 Å². The number of carboxylic acid groups (broad SMARTS) is 1. The summed E-state index contributed by atoms with van der Waals surface area (Å²) in [5.41, 5.74) is 3.97. The number of nitrogens with zero attached hydrogens (tertiary/aromatic N) is 2. The number of carbonyl (C=O) groups is 1. The molecule has 0 bridgehead atoms. The number of aryl methyl sites for hydroxylation is 2. The van der Waals surface area contributed by atoms with Crippen molar-refractivity contribution in [1.29, 1.82) is 0 Å². The van der Waals surface area contributed by atoms with Crippen LogP contribution in [0.1, 0.15) is 33.3 Å². The van der Waals surface area contributed by atoms with Gasteiger partial charge in [-0.25, -0.2) is 4.79 Å². The van der Waals surface area contributed by atoms with Crippen molar-refractivity contribution in [2.45, 2.75) is 20.1 Å². The van der Waals surface area contributed by atoms with Crippen molar-refractivity contribution >= 4 is 40.1 Å². The van der Waals surface area contributed by atoms with Gasteiger partial charge in [-0.2, -0.15) is 0 Å². The van der Waals surface area contributed by atoms with Crippen molar-refractivity contribution in [2.24, 2.45) is 0 Å². The number of phenols is 1. The van der Waals surface area contributed by atoms with Crippen LogP contribution in [0.5, 0.6) is 5.75 Å². The molecule has 276 valence electrons. The van der Waals surface area contributed by atoms with Crippen molar-refractivity contribution in [1.82, 2.24) is 9.97 Å². The third kappa shape index (κ3) is 5.98. The third-order valence-corrected chi connectivity index (χ3v) is 10.7. The maximum absolute atomic E-state index is 14.9. The number of aliphatic hydroxyl groups excluding tert-OH is 1. The van der Waals surface area contributed by atoms with Crippen LogP contribution in [0.25, 0.3) is 77.9 Å². The Bertz CT molecular complexity index is 2890. The zero-order chi connectivity index (χ0) is 39.4. The molecule has 0 saturated carbocycles. The minimum Gasteiger partial charge on any atom is -0.507 e. The Morgan fingerprint density at radius 1 is 0.696 bits per heavy atom. The molecular weight excluding hydrogens is 751 g/mol. The van der Waals surface area contributed by atoms with Crippen LogP contribution >= 0.6 is 23.2 Å². The van der Waals surface area contributed by atoms with Crippen LogP contribution < -0.4 is 5.43 Å². The molecule has 0 unspecified atom stereocenters. The van der Waals surface area contributed by atoms with Gasteiger partial charge in [-0.1, -0.05) is 83.9 Å². The lowest BCUT2D eigenvalue weighted by atomic mass is 9.82. The number of carboxylic acids is 1. The lowest BCUT2D eigenvalue weighted by molar-refractivity contribution is -0.0419. The Morgan fingerprint density at radius 3 is 1.84 bits per heavy atom. The van der Waals surface area contributed by atoms with Gasteiger partial charge >= 0.3 is 5.97 Å². The molecule has 9 nitrogen and oxygen atoms in total. The number of rotatable bonds is 7. The lowest BCUT2D eigenvalue weighted by Gasteiger charge is -2.25. The maximum atomic E-state index is 14.9. The number of aromatic nitrogens is 2. The van der Waals surface area contributed by atoms with Gasteiger partial charge in [0.25, 0.3) is 0 Å². The van der Waals surface area contributed by atoms with Crippen LogP contribution in [-0.2, 0) is 0 Å². The summed E-state index contributed by atoms with van der Waals surface area (Å²) in [6.45, 7) is 3.73. The normalized spacial score (nSPS) is 11.5. The average Bonchev–Trinajstić information content (AvgIpc) is 3.19. The first-order valence-corrected chi connectivity index (χ1v) is 18.1. The number of phenolic OH excluding ortho intramolecular Hbond substituents is 1. The smallest absolute Gasteiger partial charge is 0.337 e. The number of hydrogen-bond acceptors (Lipinski definition) is 8. The Kier molecular flexibility index (Phi) is 9.40. The van der Waals surface area contributed by atoms with E-state index < -0.39 is 23.3 Å². The van der Waals surface area contributed by atoms with Crippen LogP contribution in [-0.4, -0.2) is 36.4 Å². The fraction of sp³-hybridized carbons (Fsp3) is 0.0667. The van der Waals surface area contributed by atoms with Crippen LogP contribution in [0, 0.1) is 13.8 Å². The highest BCUT2D eigenvalue weighted by atomic mass is 35.5. The molecule has 0 fully saturated rings. The predicted octanol–water partition coefficient (Wildman–Crippen LogP) is 10.3. The lowest BCUT2D eigenvalue weighted by Crippen LogP contribution is -2.13. The molecule has 1 aliphatic carbocycles. The molecule has 0 spiro atoms. The van der Waals surface area contributed by atoms with Crippen LogP contribution in [0.2, 0.25) is 10.0 Å². The van der Waals surface area contributed by atoms with E-state index in [1.807, 2.05) is 50.2 Å². The van der Waals surface area contributed by atoms with Gasteiger partial charge in [0.2, 0.25) is 0 Å². The summed E-state index contributed by atoms with van der Waals surface area (Å²) in [7, 11) is 0. The second-order valence-electron chi connectivity index (χ2n) is 13.3. The molecule has 2 aliphatic rings. The Balaban J connectivity index is 1.73. The van der Waals surface area contributed by atoms with Crippen molar-refractivity contribution < 1.29 is 29.6 Å². The van der Waals surface area contributed by atoms with Crippen molar-refractivity contribution in [3.8, 4) is 72.7 Å². The van der Waals surface area contributed by atoms with Gasteiger partial charge in [-0.05, 0) is 66.4 Å². The van der Waals surface area contributed by atoms with E-state index >= 15 is 0 Å². The Morgan fingerprint density at radius 2 is 1.29 bits per heavy atom. The molecular formula is C45H30Cl2N2O7. The van der Waals surface area contributed by atoms with Crippen molar-refractivity contribution in [2.75, 3.05) is 0 Å². The summed E-state index contributed by atoms with van der Waals surface area (Å²) in [6.07, 6.45) is 4.07. The summed E-state index contributed by atoms with van der Waals surface area (Å²) in [5, 5.41) is 44.3. The van der Waals surface area contributed by atoms with Crippen molar-refractivity contribution in [3.63, 3.8) is 0 Å². The fourth-order valence-electron chi connectivity index (χ4n) is 7.38. The molecule has 6 aromatic rings. The second kappa shape index (κ2) is 14.4. The summed E-state index contributed by atoms with van der Waals surface area (Å²) in [6, 6.07) is 25.9. The van der Waals surface area contributed by atoms with E-state index in [9.17, 15) is 30.0 Å². The van der Waals surface area contributed by atoms with Gasteiger partial charge in [0.15, 0.2) is 11.7 Å². The topological polar surface area (TPSA) is 154 Å². The van der Waals surface area contributed by atoms with E-state index in [0.717, 1.165) is 17.2 Å². The summed E-state index contributed by atoms with van der Waals surface area (Å²) < 4.78 is 6.97. The highest BCUT2D eigenvalue weighted by Crippen LogP contribution is 2.54. The molecule has 4 N–H and O–H groups in total. The van der Waals surface area contributed by atoms with Gasteiger partial charge in [0.1, 0.15) is 17.1 Å². The van der Waals surface area contributed by atoms with Crippen LogP contribution in [0.4, 0.5) is 0 Å². The average molecular weight is 782 g/mol. The van der Waals surface area contributed by atoms with Gasteiger partial charge in [0, 0.05) is 74.7 Å². The zero-order valence-electron chi connectivity index (χ0n) is 29.7. The van der Waals surface area contributed by atoms with E-state index in [1.165, 1.54) is 0 Å². The minimum absolute atomic E-state index is 0.0640. The second-order valence-corrected chi connectivity index (χ2v) is 14.1. The SMILES string of the molecule is Cc1ccccc1-c1c2oc3c(-c4ccccc4C)c(O)c(-c4cccnc4)cc3c(-c3c(Cl)c(C(=O)O)cc(Cl)c3C(O)O)c-2cc(-c2cccnc2)c1=O. The number of hydrogen-bond donors (Lipinski definition) is 4. The summed E-state index contributed by atoms with van der Waals surface area (Å²) >= 11 is 13.8. The largest absolute Gasteiger partial charge is 0.507 e. The Labute approximate surface area is 329 Å². The zero-order valence-corrected chi connectivity index (χ0v) is 31.2. The van der Waals surface area contributed by atoms with Gasteiger partial charge < -0.3 is 24.8 Å². The molecule has 2 aromatic heterocycles. The quantitative estimate of drug-likeness (QED) is 0.0914. The number of aliphatic hydroxyl groups is 2. The first-order valence-electron chi connectivity index (χ1n) is 17.4. The molecule has 3 heterocycles. The molecule has 0 amide bonds. The number of aromatic carboxylic acids is 1. The maximum Gasteiger partial charge on any atom is 0.337 e. The molecule has 0 atom stereocenters. The first-order chi connectivity index (χ1) is 27.0. The van der Waals surface area contributed by atoms with E-state index in [0.29, 0.717) is 27.8 Å². The first kappa shape index (κ1) is 36.6. The number of benzene rings is 5. The van der Waals surface area contributed by atoms with Gasteiger partial charge in [-0.15, -0.1) is 0 Å². The minimum atomic E-state index is -2.24. The molecule has 4 aromatic carbocycles. The molecule has 56 heavy (non-hydrogen) atoms. The standard InChI is InChI=1S/C45H30Cl2N2O7/c1-22-9-3-5-13-26(22)35-40(50)28(24-11-7-15-48-20-24)17-30-34(38-37(45(54)55)33(46)19-32(39(38)47)44(52)53)31-18-29(25-12-8-16-49-21-25)41(51)36(43(31)56-42(30)35)27-14-6-4-10-23(27)2/h3-21,45,50,54-55H,1-2H3,(H,52,53). The van der Waals surface area contributed by atoms with E-state index in [-0.39, 0.29) is 71.5 Å². The van der Waals surface area contributed by atoms with Gasteiger partial charge in [0.05, 0.1) is 26.7 Å². The van der Waals surface area contributed by atoms with Gasteiger partial charge in [-0.3, -0.25) is 14.8 Å². The molecule has 11 heteroatoms. The molecule has 1 aliphatic heterocycles. The molecule has 0 radical (unpaired) electrons. The fourth-order valence-corrected chi connectivity index (χ4v) is 8.01. The monoisotopic (exact) mass is 780 g/mol.